The standard InChI is InChI=1S/C13H18N4O2S/c1-9-10(2)20-12(16-9)8-17-13(18)6-11(7-15-17)19-5-3-4-14/h6-7H,3-5,8,14H2,1-2H3. The maximum absolute atomic E-state index is 11.9. The van der Waals surface area contributed by atoms with Crippen molar-refractivity contribution >= 4 is 11.3 Å². The molecule has 0 fully saturated rings. The van der Waals surface area contributed by atoms with E-state index >= 15 is 0 Å². The summed E-state index contributed by atoms with van der Waals surface area (Å²) in [5.74, 6) is 0.478. The number of thiazole rings is 1. The van der Waals surface area contributed by atoms with Gasteiger partial charge < -0.3 is 10.5 Å². The number of hydrogen-bond donors (Lipinski definition) is 1. The molecule has 2 rings (SSSR count). The van der Waals surface area contributed by atoms with Gasteiger partial charge in [-0.25, -0.2) is 9.67 Å². The molecular formula is C13H18N4O2S. The van der Waals surface area contributed by atoms with E-state index in [9.17, 15) is 4.79 Å². The van der Waals surface area contributed by atoms with Crippen LogP contribution in [-0.4, -0.2) is 27.9 Å². The van der Waals surface area contributed by atoms with Crippen molar-refractivity contribution in [3.8, 4) is 5.75 Å². The van der Waals surface area contributed by atoms with Gasteiger partial charge in [-0.15, -0.1) is 11.3 Å². The third kappa shape index (κ3) is 3.64. The second-order valence-electron chi connectivity index (χ2n) is 4.43. The molecule has 0 atom stereocenters. The zero-order valence-electron chi connectivity index (χ0n) is 11.6. The van der Waals surface area contributed by atoms with Gasteiger partial charge in [0, 0.05) is 10.9 Å². The molecule has 20 heavy (non-hydrogen) atoms. The van der Waals surface area contributed by atoms with Crippen LogP contribution in [0.5, 0.6) is 5.75 Å². The first kappa shape index (κ1) is 14.7. The molecule has 2 aromatic heterocycles. The molecule has 0 unspecified atom stereocenters. The summed E-state index contributed by atoms with van der Waals surface area (Å²) in [6, 6.07) is 1.44. The van der Waals surface area contributed by atoms with E-state index in [1.54, 1.807) is 17.5 Å². The molecule has 7 heteroatoms. The molecule has 6 nitrogen and oxygen atoms in total. The lowest BCUT2D eigenvalue weighted by atomic mass is 10.4. The molecule has 2 N–H and O–H groups in total. The molecule has 0 aromatic carbocycles. The predicted molar refractivity (Wildman–Crippen MR) is 78.4 cm³/mol. The molecule has 0 bridgehead atoms. The SMILES string of the molecule is Cc1nc(Cn2ncc(OCCCN)cc2=O)sc1C. The molecule has 0 radical (unpaired) electrons. The number of ether oxygens (including phenoxy) is 1. The van der Waals surface area contributed by atoms with Gasteiger partial charge >= 0.3 is 0 Å². The van der Waals surface area contributed by atoms with E-state index in [1.807, 2.05) is 13.8 Å². The summed E-state index contributed by atoms with van der Waals surface area (Å²) >= 11 is 1.58. The van der Waals surface area contributed by atoms with E-state index in [0.29, 0.717) is 25.4 Å². The Labute approximate surface area is 121 Å². The zero-order chi connectivity index (χ0) is 14.5. The monoisotopic (exact) mass is 294 g/mol. The van der Waals surface area contributed by atoms with Gasteiger partial charge in [-0.05, 0) is 26.8 Å². The highest BCUT2D eigenvalue weighted by Crippen LogP contribution is 2.16. The smallest absolute Gasteiger partial charge is 0.270 e. The number of rotatable bonds is 6. The van der Waals surface area contributed by atoms with Crippen molar-refractivity contribution in [2.75, 3.05) is 13.2 Å². The minimum atomic E-state index is -0.194. The van der Waals surface area contributed by atoms with Crippen molar-refractivity contribution in [3.63, 3.8) is 0 Å². The van der Waals surface area contributed by atoms with Crippen LogP contribution in [0.4, 0.5) is 0 Å². The highest BCUT2D eigenvalue weighted by molar-refractivity contribution is 7.11. The van der Waals surface area contributed by atoms with E-state index in [1.165, 1.54) is 10.7 Å². The maximum Gasteiger partial charge on any atom is 0.270 e. The quantitative estimate of drug-likeness (QED) is 0.806. The fourth-order valence-electron chi connectivity index (χ4n) is 1.62. The molecule has 2 aromatic rings. The zero-order valence-corrected chi connectivity index (χ0v) is 12.4. The first-order chi connectivity index (χ1) is 9.60. The van der Waals surface area contributed by atoms with Crippen molar-refractivity contribution < 1.29 is 4.74 Å². The summed E-state index contributed by atoms with van der Waals surface area (Å²) in [4.78, 5) is 17.5. The molecule has 0 saturated heterocycles. The van der Waals surface area contributed by atoms with Crippen LogP contribution in [0, 0.1) is 13.8 Å². The van der Waals surface area contributed by atoms with Gasteiger partial charge in [-0.2, -0.15) is 5.10 Å². The second kappa shape index (κ2) is 6.62. The fraction of sp³-hybridized carbons (Fsp3) is 0.462. The lowest BCUT2D eigenvalue weighted by molar-refractivity contribution is 0.309. The van der Waals surface area contributed by atoms with E-state index in [4.69, 9.17) is 10.5 Å². The summed E-state index contributed by atoms with van der Waals surface area (Å²) in [6.07, 6.45) is 2.30. The van der Waals surface area contributed by atoms with Gasteiger partial charge in [-0.1, -0.05) is 0 Å². The van der Waals surface area contributed by atoms with Crippen molar-refractivity contribution in [1.29, 1.82) is 0 Å². The Morgan fingerprint density at radius 2 is 2.25 bits per heavy atom. The van der Waals surface area contributed by atoms with Gasteiger partial charge in [0.05, 0.1) is 25.0 Å². The number of aryl methyl sites for hydroxylation is 2. The van der Waals surface area contributed by atoms with Crippen LogP contribution in [0.15, 0.2) is 17.1 Å². The molecule has 0 spiro atoms. The van der Waals surface area contributed by atoms with Gasteiger partial charge in [0.15, 0.2) is 0 Å². The first-order valence-corrected chi connectivity index (χ1v) is 7.24. The van der Waals surface area contributed by atoms with Gasteiger partial charge in [-0.3, -0.25) is 4.79 Å². The van der Waals surface area contributed by atoms with Crippen molar-refractivity contribution in [2.24, 2.45) is 5.73 Å². The Bertz CT molecular complexity index is 616. The number of aromatic nitrogens is 3. The Morgan fingerprint density at radius 3 is 2.85 bits per heavy atom. The van der Waals surface area contributed by atoms with Crippen LogP contribution in [0.1, 0.15) is 22.0 Å². The van der Waals surface area contributed by atoms with Crippen LogP contribution in [0.2, 0.25) is 0 Å². The van der Waals surface area contributed by atoms with Crippen LogP contribution in [0.25, 0.3) is 0 Å². The van der Waals surface area contributed by atoms with Crippen molar-refractivity contribution in [2.45, 2.75) is 26.8 Å². The summed E-state index contributed by atoms with van der Waals surface area (Å²) in [6.45, 7) is 5.42. The van der Waals surface area contributed by atoms with Crippen LogP contribution in [0.3, 0.4) is 0 Å². The average Bonchev–Trinajstić information content (AvgIpc) is 2.72. The van der Waals surface area contributed by atoms with Crippen molar-refractivity contribution in [3.05, 3.63) is 38.2 Å². The largest absolute Gasteiger partial charge is 0.492 e. The molecule has 0 aliphatic heterocycles. The summed E-state index contributed by atoms with van der Waals surface area (Å²) in [7, 11) is 0. The van der Waals surface area contributed by atoms with Gasteiger partial charge in [0.1, 0.15) is 10.8 Å². The molecule has 0 amide bonds. The van der Waals surface area contributed by atoms with E-state index in [2.05, 4.69) is 10.1 Å². The Balaban J connectivity index is 2.07. The lowest BCUT2D eigenvalue weighted by Crippen LogP contribution is -2.22. The van der Waals surface area contributed by atoms with Crippen LogP contribution >= 0.6 is 11.3 Å². The van der Waals surface area contributed by atoms with Crippen LogP contribution in [-0.2, 0) is 6.54 Å². The maximum atomic E-state index is 11.9. The Kier molecular flexibility index (Phi) is 4.86. The minimum Gasteiger partial charge on any atom is -0.492 e. The summed E-state index contributed by atoms with van der Waals surface area (Å²) < 4.78 is 6.77. The molecule has 0 aliphatic rings. The van der Waals surface area contributed by atoms with Crippen molar-refractivity contribution in [1.82, 2.24) is 14.8 Å². The molecule has 108 valence electrons. The predicted octanol–water partition coefficient (Wildman–Crippen LogP) is 1.09. The first-order valence-electron chi connectivity index (χ1n) is 6.43. The second-order valence-corrected chi connectivity index (χ2v) is 5.71. The van der Waals surface area contributed by atoms with E-state index in [-0.39, 0.29) is 5.56 Å². The highest BCUT2D eigenvalue weighted by Gasteiger charge is 2.07. The highest BCUT2D eigenvalue weighted by atomic mass is 32.1. The minimum absolute atomic E-state index is 0.194. The lowest BCUT2D eigenvalue weighted by Gasteiger charge is -2.06. The van der Waals surface area contributed by atoms with Gasteiger partial charge in [0.2, 0.25) is 0 Å². The summed E-state index contributed by atoms with van der Waals surface area (Å²) in [5.41, 5.74) is 6.19. The Hall–Kier alpha value is -1.73. The molecule has 2 heterocycles. The Morgan fingerprint density at radius 1 is 1.45 bits per heavy atom. The van der Waals surface area contributed by atoms with Crippen LogP contribution < -0.4 is 16.0 Å². The number of nitrogens with two attached hydrogens (primary N) is 1. The topological polar surface area (TPSA) is 83.0 Å². The average molecular weight is 294 g/mol. The normalized spacial score (nSPS) is 10.8. The summed E-state index contributed by atoms with van der Waals surface area (Å²) in [5, 5.41) is 4.99. The third-order valence-corrected chi connectivity index (χ3v) is 3.88. The third-order valence-electron chi connectivity index (χ3n) is 2.82. The number of nitrogens with zero attached hydrogens (tertiary/aromatic N) is 3. The fourth-order valence-corrected chi connectivity index (χ4v) is 2.54. The molecule has 0 aliphatic carbocycles. The number of hydrogen-bond acceptors (Lipinski definition) is 6. The van der Waals surface area contributed by atoms with E-state index < -0.39 is 0 Å². The van der Waals surface area contributed by atoms with E-state index in [0.717, 1.165) is 22.0 Å². The molecule has 0 saturated carbocycles. The van der Waals surface area contributed by atoms with Gasteiger partial charge in [0.25, 0.3) is 5.56 Å². The molecular weight excluding hydrogens is 276 g/mol.